The van der Waals surface area contributed by atoms with Crippen molar-refractivity contribution in [1.29, 1.82) is 0 Å². The molecule has 102 valence electrons. The van der Waals surface area contributed by atoms with Gasteiger partial charge in [0.25, 0.3) is 0 Å². The summed E-state index contributed by atoms with van der Waals surface area (Å²) in [4.78, 5) is 10.7. The second kappa shape index (κ2) is 9.15. The predicted octanol–water partition coefficient (Wildman–Crippen LogP) is 0.955. The summed E-state index contributed by atoms with van der Waals surface area (Å²) in [7, 11) is -4.32. The summed E-state index contributed by atoms with van der Waals surface area (Å²) in [5.74, 6) is -0.847. The van der Waals surface area contributed by atoms with Crippen LogP contribution in [-0.2, 0) is 19.6 Å². The van der Waals surface area contributed by atoms with E-state index in [4.69, 9.17) is 4.55 Å². The third-order valence-electron chi connectivity index (χ3n) is 1.54. The number of hydrogen-bond donors (Lipinski definition) is 2. The van der Waals surface area contributed by atoms with E-state index in [0.717, 1.165) is 20.0 Å². The van der Waals surface area contributed by atoms with Crippen LogP contribution in [0.5, 0.6) is 0 Å². The summed E-state index contributed by atoms with van der Waals surface area (Å²) in [6.07, 6.45) is 0. The van der Waals surface area contributed by atoms with Gasteiger partial charge in [0.05, 0.1) is 0 Å². The van der Waals surface area contributed by atoms with Gasteiger partial charge in [-0.2, -0.15) is 8.42 Å². The van der Waals surface area contributed by atoms with Crippen molar-refractivity contribution in [2.75, 3.05) is 13.1 Å². The molecule has 17 heavy (non-hydrogen) atoms. The maximum absolute atomic E-state index is 10.7. The Kier molecular flexibility index (Phi) is 9.92. The first-order valence-corrected chi connectivity index (χ1v) is 6.70. The van der Waals surface area contributed by atoms with Crippen molar-refractivity contribution in [3.05, 3.63) is 12.2 Å². The lowest BCUT2D eigenvalue weighted by molar-refractivity contribution is -0.140. The number of esters is 1. The average Bonchev–Trinajstić information content (AvgIpc) is 2.18. The first kappa shape index (κ1) is 18.4. The Balaban J connectivity index is 0. The van der Waals surface area contributed by atoms with Gasteiger partial charge < -0.3 is 10.1 Å². The minimum atomic E-state index is -4.32. The van der Waals surface area contributed by atoms with Crippen molar-refractivity contribution in [2.45, 2.75) is 33.1 Å². The lowest BCUT2D eigenvalue weighted by Crippen LogP contribution is -2.23. The molecule has 0 heterocycles. The van der Waals surface area contributed by atoms with Crippen LogP contribution in [0.4, 0.5) is 0 Å². The van der Waals surface area contributed by atoms with Crippen LogP contribution in [0, 0.1) is 0 Å². The number of carbonyl (C=O) groups is 1. The zero-order valence-electron chi connectivity index (χ0n) is 10.7. The van der Waals surface area contributed by atoms with Crippen molar-refractivity contribution in [1.82, 2.24) is 5.32 Å². The summed E-state index contributed by atoms with van der Waals surface area (Å²) < 4.78 is 33.4. The van der Waals surface area contributed by atoms with Crippen molar-refractivity contribution in [3.8, 4) is 0 Å². The van der Waals surface area contributed by atoms with Gasteiger partial charge in [-0.15, -0.1) is 0 Å². The van der Waals surface area contributed by atoms with E-state index >= 15 is 0 Å². The number of rotatable bonds is 5. The molecule has 0 bridgehead atoms. The first-order valence-electron chi connectivity index (χ1n) is 5.20. The highest BCUT2D eigenvalue weighted by atomic mass is 32.2. The second-order valence-corrected chi connectivity index (χ2v) is 4.92. The zero-order valence-corrected chi connectivity index (χ0v) is 11.5. The van der Waals surface area contributed by atoms with Crippen LogP contribution < -0.4 is 5.32 Å². The number of ether oxygens (including phenoxy) is 1. The summed E-state index contributed by atoms with van der Waals surface area (Å²) in [6, 6.07) is 0. The van der Waals surface area contributed by atoms with Crippen LogP contribution in [0.2, 0.25) is 0 Å². The monoisotopic (exact) mass is 267 g/mol. The molecule has 2 N–H and O–H groups in total. The lowest BCUT2D eigenvalue weighted by Gasteiger charge is -2.08. The molecular weight excluding hydrogens is 246 g/mol. The molecule has 7 heteroatoms. The van der Waals surface area contributed by atoms with E-state index in [1.807, 2.05) is 0 Å². The van der Waals surface area contributed by atoms with E-state index in [9.17, 15) is 13.2 Å². The van der Waals surface area contributed by atoms with E-state index in [0.29, 0.717) is 0 Å². The number of hydrogen-bond acceptors (Lipinski definition) is 5. The standard InChI is InChI=1S/C6H10O5S.C4H11N/c1-4(2)6(7)11-5(3)12(8,9)10;1-3-5-4-2/h5H,1H2,2-3H3,(H,8,9,10);5H,3-4H2,1-2H3. The molecule has 0 aliphatic heterocycles. The molecule has 0 aromatic carbocycles. The fourth-order valence-corrected chi connectivity index (χ4v) is 0.771. The Labute approximate surface area is 103 Å². The molecule has 1 unspecified atom stereocenters. The summed E-state index contributed by atoms with van der Waals surface area (Å²) in [5, 5.41) is 3.11. The number of nitrogens with one attached hydrogen (secondary N) is 1. The van der Waals surface area contributed by atoms with Crippen LogP contribution in [0.1, 0.15) is 27.7 Å². The van der Waals surface area contributed by atoms with Crippen LogP contribution in [-0.4, -0.2) is 37.5 Å². The maximum Gasteiger partial charge on any atom is 0.334 e. The second-order valence-electron chi connectivity index (χ2n) is 3.23. The highest BCUT2D eigenvalue weighted by molar-refractivity contribution is 7.86. The summed E-state index contributed by atoms with van der Waals surface area (Å²) in [5.41, 5.74) is -1.48. The molecule has 0 aromatic heterocycles. The van der Waals surface area contributed by atoms with Gasteiger partial charge in [-0.3, -0.25) is 4.55 Å². The van der Waals surface area contributed by atoms with Gasteiger partial charge in [0.2, 0.25) is 5.44 Å². The van der Waals surface area contributed by atoms with Gasteiger partial charge in [0.1, 0.15) is 0 Å². The summed E-state index contributed by atoms with van der Waals surface area (Å²) in [6.45, 7) is 12.1. The van der Waals surface area contributed by atoms with Crippen molar-refractivity contribution in [3.63, 3.8) is 0 Å². The highest BCUT2D eigenvalue weighted by Crippen LogP contribution is 2.03. The van der Waals surface area contributed by atoms with Crippen LogP contribution in [0.25, 0.3) is 0 Å². The smallest absolute Gasteiger partial charge is 0.334 e. The molecule has 0 aromatic rings. The summed E-state index contributed by atoms with van der Waals surface area (Å²) >= 11 is 0. The van der Waals surface area contributed by atoms with Crippen LogP contribution in [0.3, 0.4) is 0 Å². The van der Waals surface area contributed by atoms with Crippen molar-refractivity contribution >= 4 is 16.1 Å². The molecule has 0 aliphatic rings. The normalized spacial score (nSPS) is 12.1. The Morgan fingerprint density at radius 1 is 1.41 bits per heavy atom. The van der Waals surface area contributed by atoms with Gasteiger partial charge in [0, 0.05) is 5.57 Å². The molecule has 0 radical (unpaired) electrons. The van der Waals surface area contributed by atoms with Gasteiger partial charge in [0.15, 0.2) is 0 Å². The molecule has 1 atom stereocenters. The Bertz CT molecular complexity index is 335. The Morgan fingerprint density at radius 3 is 2.00 bits per heavy atom. The Hall–Kier alpha value is -0.920. The molecular formula is C10H21NO5S. The minimum absolute atomic E-state index is 0.0745. The van der Waals surface area contributed by atoms with E-state index in [1.165, 1.54) is 6.92 Å². The fourth-order valence-electron chi connectivity index (χ4n) is 0.562. The molecule has 0 saturated carbocycles. The lowest BCUT2D eigenvalue weighted by atomic mass is 10.4. The van der Waals surface area contributed by atoms with Crippen LogP contribution in [0.15, 0.2) is 12.2 Å². The van der Waals surface area contributed by atoms with Gasteiger partial charge >= 0.3 is 16.1 Å². The number of carbonyl (C=O) groups excluding carboxylic acids is 1. The molecule has 0 saturated heterocycles. The molecule has 0 aliphatic carbocycles. The zero-order chi connectivity index (χ0) is 14.1. The first-order chi connectivity index (χ1) is 7.66. The van der Waals surface area contributed by atoms with E-state index in [2.05, 4.69) is 30.5 Å². The van der Waals surface area contributed by atoms with E-state index in [-0.39, 0.29) is 5.57 Å². The molecule has 0 fully saturated rings. The topological polar surface area (TPSA) is 92.7 Å². The largest absolute Gasteiger partial charge is 0.440 e. The van der Waals surface area contributed by atoms with Gasteiger partial charge in [-0.1, -0.05) is 20.4 Å². The quantitative estimate of drug-likeness (QED) is 0.438. The van der Waals surface area contributed by atoms with Crippen LogP contribution >= 0.6 is 0 Å². The highest BCUT2D eigenvalue weighted by Gasteiger charge is 2.21. The predicted molar refractivity (Wildman–Crippen MR) is 66.1 cm³/mol. The average molecular weight is 267 g/mol. The van der Waals surface area contributed by atoms with E-state index in [1.54, 1.807) is 0 Å². The molecule has 0 rings (SSSR count). The minimum Gasteiger partial charge on any atom is -0.440 e. The van der Waals surface area contributed by atoms with Crippen molar-refractivity contribution in [2.24, 2.45) is 0 Å². The molecule has 0 spiro atoms. The van der Waals surface area contributed by atoms with Gasteiger partial charge in [-0.05, 0) is 26.9 Å². The van der Waals surface area contributed by atoms with Gasteiger partial charge in [-0.25, -0.2) is 4.79 Å². The van der Waals surface area contributed by atoms with Crippen molar-refractivity contribution < 1.29 is 22.5 Å². The fraction of sp³-hybridized carbons (Fsp3) is 0.700. The SMILES string of the molecule is C=C(C)C(=O)OC(C)S(=O)(=O)O.CCNCC. The Morgan fingerprint density at radius 2 is 1.82 bits per heavy atom. The third kappa shape index (κ3) is 11.3. The van der Waals surface area contributed by atoms with E-state index < -0.39 is 21.5 Å². The third-order valence-corrected chi connectivity index (χ3v) is 2.48. The molecule has 0 amide bonds. The maximum atomic E-state index is 10.7. The molecule has 6 nitrogen and oxygen atoms in total.